The molecule has 0 radical (unpaired) electrons. The van der Waals surface area contributed by atoms with Gasteiger partial charge in [0.1, 0.15) is 21.3 Å². The van der Waals surface area contributed by atoms with E-state index in [0.717, 1.165) is 17.2 Å². The molecule has 0 aliphatic heterocycles. The number of halogens is 1. The monoisotopic (exact) mass is 373 g/mol. The number of nitrogens with zero attached hydrogens (tertiary/aromatic N) is 2. The summed E-state index contributed by atoms with van der Waals surface area (Å²) in [6.07, 6.45) is 4.34. The van der Waals surface area contributed by atoms with Crippen molar-refractivity contribution in [2.24, 2.45) is 0 Å². The Bertz CT molecular complexity index is 1070. The van der Waals surface area contributed by atoms with Crippen molar-refractivity contribution < 1.29 is 17.6 Å². The van der Waals surface area contributed by atoms with E-state index in [1.165, 1.54) is 12.1 Å². The topological polar surface area (TPSA) is 89.0 Å². The quantitative estimate of drug-likeness (QED) is 0.741. The van der Waals surface area contributed by atoms with Gasteiger partial charge < -0.3 is 5.32 Å². The minimum atomic E-state index is -3.16. The van der Waals surface area contributed by atoms with Crippen LogP contribution in [0.15, 0.2) is 48.8 Å². The van der Waals surface area contributed by atoms with Crippen molar-refractivity contribution in [1.82, 2.24) is 15.3 Å². The Morgan fingerprint density at radius 3 is 2.54 bits per heavy atom. The predicted octanol–water partition coefficient (Wildman–Crippen LogP) is 2.21. The summed E-state index contributed by atoms with van der Waals surface area (Å²) >= 11 is 0. The Morgan fingerprint density at radius 2 is 1.85 bits per heavy atom. The van der Waals surface area contributed by atoms with Gasteiger partial charge in [0, 0.05) is 36.1 Å². The summed E-state index contributed by atoms with van der Waals surface area (Å²) in [5, 5.41) is 3.28. The number of rotatable bonds is 5. The molecule has 0 unspecified atom stereocenters. The van der Waals surface area contributed by atoms with Crippen molar-refractivity contribution in [1.29, 1.82) is 0 Å². The zero-order valence-corrected chi connectivity index (χ0v) is 14.8. The third-order valence-electron chi connectivity index (χ3n) is 3.75. The van der Waals surface area contributed by atoms with Gasteiger partial charge in [0.05, 0.1) is 11.3 Å². The maximum atomic E-state index is 13.2. The molecule has 1 N–H and O–H groups in total. The van der Waals surface area contributed by atoms with E-state index in [2.05, 4.69) is 15.3 Å². The van der Waals surface area contributed by atoms with Crippen LogP contribution in [0.25, 0.3) is 22.0 Å². The van der Waals surface area contributed by atoms with Gasteiger partial charge in [0.15, 0.2) is 0 Å². The molecule has 3 rings (SSSR count). The molecule has 2 aromatic heterocycles. The number of fused-ring (bicyclic) bond motifs is 1. The van der Waals surface area contributed by atoms with E-state index in [0.29, 0.717) is 11.1 Å². The number of hydrogen-bond acceptors (Lipinski definition) is 5. The summed E-state index contributed by atoms with van der Waals surface area (Å²) in [7, 11) is -3.16. The van der Waals surface area contributed by atoms with Gasteiger partial charge in [-0.05, 0) is 29.8 Å². The van der Waals surface area contributed by atoms with E-state index in [9.17, 15) is 17.6 Å². The van der Waals surface area contributed by atoms with Gasteiger partial charge in [0.2, 0.25) is 0 Å². The minimum Gasteiger partial charge on any atom is -0.350 e. The summed E-state index contributed by atoms with van der Waals surface area (Å²) in [6.45, 7) is 0.0124. The van der Waals surface area contributed by atoms with Gasteiger partial charge in [-0.3, -0.25) is 9.78 Å². The van der Waals surface area contributed by atoms with Crippen LogP contribution in [-0.4, -0.2) is 42.8 Å². The number of sulfone groups is 1. The van der Waals surface area contributed by atoms with E-state index in [-0.39, 0.29) is 23.8 Å². The fraction of sp³-hybridized carbons (Fsp3) is 0.167. The van der Waals surface area contributed by atoms with Gasteiger partial charge in [-0.25, -0.2) is 17.8 Å². The second-order valence-electron chi connectivity index (χ2n) is 5.85. The van der Waals surface area contributed by atoms with Crippen LogP contribution in [0.3, 0.4) is 0 Å². The zero-order chi connectivity index (χ0) is 18.7. The van der Waals surface area contributed by atoms with Gasteiger partial charge in [0.25, 0.3) is 5.91 Å². The average molecular weight is 373 g/mol. The largest absolute Gasteiger partial charge is 0.350 e. The molecule has 1 amide bonds. The molecule has 0 fully saturated rings. The Balaban J connectivity index is 1.93. The second-order valence-corrected chi connectivity index (χ2v) is 8.11. The van der Waals surface area contributed by atoms with Crippen LogP contribution in [0.2, 0.25) is 0 Å². The van der Waals surface area contributed by atoms with Crippen molar-refractivity contribution >= 4 is 26.6 Å². The van der Waals surface area contributed by atoms with Gasteiger partial charge in [-0.1, -0.05) is 12.1 Å². The molecule has 0 atom stereocenters. The third-order valence-corrected chi connectivity index (χ3v) is 4.69. The number of benzene rings is 1. The molecule has 26 heavy (non-hydrogen) atoms. The van der Waals surface area contributed by atoms with Crippen molar-refractivity contribution in [3.63, 3.8) is 0 Å². The van der Waals surface area contributed by atoms with Gasteiger partial charge in [-0.2, -0.15) is 0 Å². The van der Waals surface area contributed by atoms with Crippen molar-refractivity contribution in [2.45, 2.75) is 0 Å². The first-order valence-electron chi connectivity index (χ1n) is 7.80. The standard InChI is InChI=1S/C18H16FN3O3S/c1-26(24,25)9-8-21-18(23)16-7-4-13-10-20-11-15(17(13)22-16)12-2-5-14(19)6-3-12/h2-7,10-11H,8-9H2,1H3,(H,21,23). The number of carbonyl (C=O) groups excluding carboxylic acids is 1. The highest BCUT2D eigenvalue weighted by Crippen LogP contribution is 2.26. The summed E-state index contributed by atoms with van der Waals surface area (Å²) in [5.74, 6) is -0.949. The molecule has 2 heterocycles. The van der Waals surface area contributed by atoms with Crippen LogP contribution in [0.4, 0.5) is 4.39 Å². The molecule has 0 saturated heterocycles. The Morgan fingerprint density at radius 1 is 1.12 bits per heavy atom. The molecule has 0 bridgehead atoms. The van der Waals surface area contributed by atoms with Crippen molar-refractivity contribution in [3.05, 3.63) is 60.3 Å². The molecule has 0 spiro atoms. The maximum Gasteiger partial charge on any atom is 0.269 e. The van der Waals surface area contributed by atoms with Crippen LogP contribution in [0.1, 0.15) is 10.5 Å². The fourth-order valence-electron chi connectivity index (χ4n) is 2.45. The molecular formula is C18H16FN3O3S. The maximum absolute atomic E-state index is 13.2. The summed E-state index contributed by atoms with van der Waals surface area (Å²) < 4.78 is 35.5. The smallest absolute Gasteiger partial charge is 0.269 e. The Labute approximate surface area is 150 Å². The zero-order valence-electron chi connectivity index (χ0n) is 13.9. The van der Waals surface area contributed by atoms with E-state index < -0.39 is 15.7 Å². The predicted molar refractivity (Wildman–Crippen MR) is 97.0 cm³/mol. The number of aromatic nitrogens is 2. The number of pyridine rings is 2. The molecule has 6 nitrogen and oxygen atoms in total. The van der Waals surface area contributed by atoms with Crippen molar-refractivity contribution in [3.8, 4) is 11.1 Å². The van der Waals surface area contributed by atoms with Crippen LogP contribution in [0, 0.1) is 5.82 Å². The van der Waals surface area contributed by atoms with Gasteiger partial charge in [-0.15, -0.1) is 0 Å². The lowest BCUT2D eigenvalue weighted by Gasteiger charge is -2.08. The fourth-order valence-corrected chi connectivity index (χ4v) is 2.92. The van der Waals surface area contributed by atoms with Crippen LogP contribution in [0.5, 0.6) is 0 Å². The molecule has 0 aliphatic rings. The van der Waals surface area contributed by atoms with E-state index in [4.69, 9.17) is 0 Å². The molecule has 3 aromatic rings. The molecule has 0 aliphatic carbocycles. The first-order chi connectivity index (χ1) is 12.3. The van der Waals surface area contributed by atoms with E-state index >= 15 is 0 Å². The van der Waals surface area contributed by atoms with Crippen LogP contribution in [-0.2, 0) is 9.84 Å². The number of hydrogen-bond donors (Lipinski definition) is 1. The van der Waals surface area contributed by atoms with Crippen LogP contribution < -0.4 is 5.32 Å². The normalized spacial score (nSPS) is 11.5. The Hall–Kier alpha value is -2.87. The molecule has 8 heteroatoms. The lowest BCUT2D eigenvalue weighted by molar-refractivity contribution is 0.0951. The molecular weight excluding hydrogens is 357 g/mol. The molecule has 0 saturated carbocycles. The molecule has 1 aromatic carbocycles. The first-order valence-corrected chi connectivity index (χ1v) is 9.86. The summed E-state index contributed by atoms with van der Waals surface area (Å²) in [6, 6.07) is 9.19. The average Bonchev–Trinajstić information content (AvgIpc) is 2.60. The molecule has 134 valence electrons. The summed E-state index contributed by atoms with van der Waals surface area (Å²) in [4.78, 5) is 20.8. The number of carbonyl (C=O) groups is 1. The van der Waals surface area contributed by atoms with E-state index in [1.54, 1.807) is 36.7 Å². The van der Waals surface area contributed by atoms with E-state index in [1.807, 2.05) is 0 Å². The SMILES string of the molecule is CS(=O)(=O)CCNC(=O)c1ccc2cncc(-c3ccc(F)cc3)c2n1. The lowest BCUT2D eigenvalue weighted by atomic mass is 10.0. The van der Waals surface area contributed by atoms with Crippen LogP contribution >= 0.6 is 0 Å². The highest BCUT2D eigenvalue weighted by Gasteiger charge is 2.12. The number of nitrogens with one attached hydrogen (secondary N) is 1. The second kappa shape index (κ2) is 7.17. The first kappa shape index (κ1) is 17.9. The lowest BCUT2D eigenvalue weighted by Crippen LogP contribution is -2.29. The minimum absolute atomic E-state index is 0.0124. The number of amides is 1. The van der Waals surface area contributed by atoms with Crippen molar-refractivity contribution in [2.75, 3.05) is 18.6 Å². The Kier molecular flexibility index (Phi) is 4.94. The highest BCUT2D eigenvalue weighted by atomic mass is 32.2. The highest BCUT2D eigenvalue weighted by molar-refractivity contribution is 7.90. The third kappa shape index (κ3) is 4.20. The van der Waals surface area contributed by atoms with Gasteiger partial charge >= 0.3 is 0 Å². The summed E-state index contributed by atoms with van der Waals surface area (Å²) in [5.41, 5.74) is 2.13.